The van der Waals surface area contributed by atoms with Crippen LogP contribution in [0.25, 0.3) is 0 Å². The number of hydrogen-bond donors (Lipinski definition) is 0. The fourth-order valence-electron chi connectivity index (χ4n) is 0. The molecule has 0 unspecified atom stereocenters. The van der Waals surface area contributed by atoms with E-state index in [9.17, 15) is 0 Å². The van der Waals surface area contributed by atoms with Crippen LogP contribution in [0.1, 0.15) is 0 Å². The van der Waals surface area contributed by atoms with Crippen LogP contribution in [-0.2, 0) is 0 Å². The van der Waals surface area contributed by atoms with Gasteiger partial charge < -0.3 is 27.4 Å². The average molecular weight is 267 g/mol. The molecule has 0 fully saturated rings. The minimum Gasteiger partial charge on any atom is -0.412 e. The molecule has 0 saturated carbocycles. The average Bonchev–Trinajstić information content (AvgIpc) is 0. The van der Waals surface area contributed by atoms with Crippen LogP contribution in [0.2, 0.25) is 0 Å². The summed E-state index contributed by atoms with van der Waals surface area (Å²) in [5, 5.41) is 0. The Morgan fingerprint density at radius 1 is 0.429 bits per heavy atom. The van der Waals surface area contributed by atoms with Crippen molar-refractivity contribution < 1.29 is 69.1 Å². The first-order valence-corrected chi connectivity index (χ1v) is 0. The Balaban J connectivity index is 0. The molecule has 7 heavy (non-hydrogen) atoms. The summed E-state index contributed by atoms with van der Waals surface area (Å²) in [6.07, 6.45) is 0. The van der Waals surface area contributed by atoms with Crippen molar-refractivity contribution in [2.75, 3.05) is 0 Å². The topological polar surface area (TPSA) is 158 Å². The number of rotatable bonds is 0. The van der Waals surface area contributed by atoms with Crippen LogP contribution in [0.4, 0.5) is 0 Å². The smallest absolute Gasteiger partial charge is 0 e. The number of halogens is 1. The fraction of sp³-hybridized carbons (Fsp3) is 0. The second-order valence-electron chi connectivity index (χ2n) is 0. The Bertz CT molecular complexity index is 8.04. The molecule has 52 valence electrons. The summed E-state index contributed by atoms with van der Waals surface area (Å²) in [6.45, 7) is 0. The normalized spacial score (nSPS) is 0. The molecule has 0 aliphatic heterocycles. The van der Waals surface area contributed by atoms with E-state index in [1.807, 2.05) is 0 Å². The molecule has 0 aromatic carbocycles. The quantitative estimate of drug-likeness (QED) is 0.423. The summed E-state index contributed by atoms with van der Waals surface area (Å²) >= 11 is 0. The van der Waals surface area contributed by atoms with E-state index in [1.165, 1.54) is 0 Å². The van der Waals surface area contributed by atoms with Gasteiger partial charge in [0.15, 0.2) is 0 Å². The van der Waals surface area contributed by atoms with Gasteiger partial charge in [-0.1, -0.05) is 0 Å². The summed E-state index contributed by atoms with van der Waals surface area (Å²) < 4.78 is 0. The molecule has 0 amide bonds. The van der Waals surface area contributed by atoms with Gasteiger partial charge in [-0.05, 0) is 0 Å². The van der Waals surface area contributed by atoms with Crippen molar-refractivity contribution in [2.45, 2.75) is 0 Å². The van der Waals surface area contributed by atoms with Gasteiger partial charge in [-0.2, -0.15) is 0 Å². The van der Waals surface area contributed by atoms with Crippen LogP contribution < -0.4 is 0 Å². The van der Waals surface area contributed by atoms with E-state index in [1.54, 1.807) is 0 Å². The predicted octanol–water partition coefficient (Wildman–Crippen LogP) is -3.70. The van der Waals surface area contributed by atoms with Gasteiger partial charge in [0.1, 0.15) is 0 Å². The van der Waals surface area contributed by atoms with Gasteiger partial charge in [-0.15, -0.1) is 12.4 Å². The first kappa shape index (κ1) is 219. The molecule has 7 heteroatoms. The standard InChI is InChI=1S/Ce.ClH.5H2O/h;1H;5*1H2. The Morgan fingerprint density at radius 3 is 0.429 bits per heavy atom. The van der Waals surface area contributed by atoms with E-state index in [0.29, 0.717) is 0 Å². The second-order valence-corrected chi connectivity index (χ2v) is 0. The molecule has 0 saturated heterocycles. The maximum atomic E-state index is 0. The van der Waals surface area contributed by atoms with Gasteiger partial charge in [0, 0.05) is 41.7 Å². The summed E-state index contributed by atoms with van der Waals surface area (Å²) in [7, 11) is 0. The molecule has 0 aromatic rings. The monoisotopic (exact) mass is 266 g/mol. The molecule has 5 nitrogen and oxygen atoms in total. The van der Waals surface area contributed by atoms with Crippen molar-refractivity contribution in [3.8, 4) is 0 Å². The summed E-state index contributed by atoms with van der Waals surface area (Å²) in [5.74, 6) is 0. The molecule has 0 atom stereocenters. The molecular formula is H11CeClO5. The molecule has 0 heterocycles. The first-order valence-electron chi connectivity index (χ1n) is 0. The summed E-state index contributed by atoms with van der Waals surface area (Å²) in [6, 6.07) is 0. The first-order chi connectivity index (χ1) is 0. The van der Waals surface area contributed by atoms with Crippen molar-refractivity contribution in [2.24, 2.45) is 0 Å². The van der Waals surface area contributed by atoms with Crippen molar-refractivity contribution in [3.05, 3.63) is 0 Å². The Kier molecular flexibility index (Phi) is 4550. The van der Waals surface area contributed by atoms with Gasteiger partial charge in [0.2, 0.25) is 0 Å². The van der Waals surface area contributed by atoms with E-state index >= 15 is 0 Å². The van der Waals surface area contributed by atoms with Crippen LogP contribution in [0, 0.1) is 41.7 Å². The molecule has 0 rings (SSSR count). The molecule has 10 N–H and O–H groups in total. The largest absolute Gasteiger partial charge is 0.412 e. The SMILES string of the molecule is Cl.O.O.O.O.O.[Ce]. The maximum Gasteiger partial charge on any atom is 0 e. The Labute approximate surface area is 80.8 Å². The van der Waals surface area contributed by atoms with Crippen LogP contribution in [0.15, 0.2) is 0 Å². The predicted molar refractivity (Wildman–Crippen MR) is 25.3 cm³/mol. The maximum absolute atomic E-state index is 0. The third kappa shape index (κ3) is 104. The van der Waals surface area contributed by atoms with Crippen LogP contribution in [0.3, 0.4) is 0 Å². The van der Waals surface area contributed by atoms with Gasteiger partial charge in [0.25, 0.3) is 0 Å². The van der Waals surface area contributed by atoms with Crippen LogP contribution in [-0.4, -0.2) is 27.4 Å². The minimum absolute atomic E-state index is 0. The summed E-state index contributed by atoms with van der Waals surface area (Å²) in [4.78, 5) is 0. The third-order valence-corrected chi connectivity index (χ3v) is 0. The Hall–Kier alpha value is 1.47. The van der Waals surface area contributed by atoms with Gasteiger partial charge >= 0.3 is 0 Å². The zero-order valence-electron chi connectivity index (χ0n) is 3.41. The van der Waals surface area contributed by atoms with E-state index in [-0.39, 0.29) is 81.5 Å². The van der Waals surface area contributed by atoms with Crippen molar-refractivity contribution in [1.29, 1.82) is 0 Å². The molecular weight excluding hydrogens is 256 g/mol. The van der Waals surface area contributed by atoms with Gasteiger partial charge in [-0.3, -0.25) is 0 Å². The molecule has 0 aromatic heterocycles. The van der Waals surface area contributed by atoms with Crippen LogP contribution >= 0.6 is 12.4 Å². The van der Waals surface area contributed by atoms with E-state index in [2.05, 4.69) is 0 Å². The minimum atomic E-state index is 0. The number of hydrogen-bond acceptors (Lipinski definition) is 0. The van der Waals surface area contributed by atoms with E-state index < -0.39 is 0 Å². The molecule has 0 bridgehead atoms. The Morgan fingerprint density at radius 2 is 0.429 bits per heavy atom. The van der Waals surface area contributed by atoms with Crippen molar-refractivity contribution in [1.82, 2.24) is 0 Å². The van der Waals surface area contributed by atoms with Gasteiger partial charge in [-0.25, -0.2) is 0 Å². The third-order valence-electron chi connectivity index (χ3n) is 0. The fourth-order valence-corrected chi connectivity index (χ4v) is 0. The van der Waals surface area contributed by atoms with Crippen molar-refractivity contribution in [3.63, 3.8) is 0 Å². The van der Waals surface area contributed by atoms with Gasteiger partial charge in [0.05, 0.1) is 0 Å². The van der Waals surface area contributed by atoms with Crippen LogP contribution in [0.5, 0.6) is 0 Å². The summed E-state index contributed by atoms with van der Waals surface area (Å²) in [5.41, 5.74) is 0. The zero-order chi connectivity index (χ0) is 0. The van der Waals surface area contributed by atoms with Crippen molar-refractivity contribution >= 4 is 12.4 Å². The zero-order valence-corrected chi connectivity index (χ0v) is 7.36. The van der Waals surface area contributed by atoms with E-state index in [4.69, 9.17) is 0 Å². The van der Waals surface area contributed by atoms with E-state index in [0.717, 1.165) is 0 Å². The molecule has 0 spiro atoms. The molecule has 0 radical (unpaired) electrons. The molecule has 0 aliphatic carbocycles. The second kappa shape index (κ2) is 145. The molecule has 0 aliphatic rings.